The normalized spacial score (nSPS) is 11.0. The minimum Gasteiger partial charge on any atom is -0.351 e. The summed E-state index contributed by atoms with van der Waals surface area (Å²) in [5, 5.41) is 5.66. The van der Waals surface area contributed by atoms with E-state index >= 15 is 0 Å². The van der Waals surface area contributed by atoms with Gasteiger partial charge in [-0.15, -0.1) is 0 Å². The number of aromatic nitrogens is 1. The van der Waals surface area contributed by atoms with Crippen molar-refractivity contribution >= 4 is 17.5 Å². The quantitative estimate of drug-likeness (QED) is 0.802. The fourth-order valence-electron chi connectivity index (χ4n) is 2.24. The van der Waals surface area contributed by atoms with E-state index < -0.39 is 5.41 Å². The number of anilines is 1. The van der Waals surface area contributed by atoms with E-state index in [1.807, 2.05) is 37.3 Å². The summed E-state index contributed by atoms with van der Waals surface area (Å²) in [6, 6.07) is 11.3. The predicted molar refractivity (Wildman–Crippen MR) is 94.3 cm³/mol. The summed E-state index contributed by atoms with van der Waals surface area (Å²) in [5.74, 6) is -0.648. The molecule has 0 bridgehead atoms. The minimum atomic E-state index is -1.18. The molecule has 5 heteroatoms. The summed E-state index contributed by atoms with van der Waals surface area (Å²) < 4.78 is 0. The van der Waals surface area contributed by atoms with Crippen LogP contribution in [0.3, 0.4) is 0 Å². The number of carbonyl (C=O) groups is 2. The third-order valence-electron chi connectivity index (χ3n) is 3.96. The van der Waals surface area contributed by atoms with Crippen LogP contribution in [-0.4, -0.2) is 16.8 Å². The first-order chi connectivity index (χ1) is 11.4. The molecule has 0 spiro atoms. The third-order valence-corrected chi connectivity index (χ3v) is 3.96. The van der Waals surface area contributed by atoms with Crippen molar-refractivity contribution in [1.82, 2.24) is 10.3 Å². The predicted octanol–water partition coefficient (Wildman–Crippen LogP) is 2.93. The number of hydrogen-bond donors (Lipinski definition) is 2. The van der Waals surface area contributed by atoms with E-state index in [1.54, 1.807) is 32.3 Å². The molecular weight excluding hydrogens is 302 g/mol. The lowest BCUT2D eigenvalue weighted by Crippen LogP contribution is -2.45. The molecule has 24 heavy (non-hydrogen) atoms. The number of carbonyl (C=O) groups excluding carboxylic acids is 2. The molecule has 0 fully saturated rings. The highest BCUT2D eigenvalue weighted by molar-refractivity contribution is 6.10. The van der Waals surface area contributed by atoms with Crippen molar-refractivity contribution in [3.05, 3.63) is 59.9 Å². The van der Waals surface area contributed by atoms with E-state index in [-0.39, 0.29) is 11.8 Å². The molecule has 2 aromatic rings. The van der Waals surface area contributed by atoms with Gasteiger partial charge in [-0.1, -0.05) is 31.2 Å². The lowest BCUT2D eigenvalue weighted by Gasteiger charge is -2.23. The lowest BCUT2D eigenvalue weighted by atomic mass is 9.90. The van der Waals surface area contributed by atoms with Gasteiger partial charge < -0.3 is 10.6 Å². The SMILES string of the molecule is CCc1ccccc1NC(=O)C(C)(C)C(=O)NCc1cccnc1. The van der Waals surface area contributed by atoms with Crippen molar-refractivity contribution in [2.75, 3.05) is 5.32 Å². The highest BCUT2D eigenvalue weighted by Gasteiger charge is 2.36. The topological polar surface area (TPSA) is 71.1 Å². The molecule has 0 atom stereocenters. The lowest BCUT2D eigenvalue weighted by molar-refractivity contribution is -0.138. The average Bonchev–Trinajstić information content (AvgIpc) is 2.60. The van der Waals surface area contributed by atoms with Gasteiger partial charge in [0.25, 0.3) is 0 Å². The Kier molecular flexibility index (Phi) is 5.68. The number of hydrogen-bond acceptors (Lipinski definition) is 3. The summed E-state index contributed by atoms with van der Waals surface area (Å²) in [6.07, 6.45) is 4.17. The smallest absolute Gasteiger partial charge is 0.239 e. The van der Waals surface area contributed by atoms with Crippen LogP contribution in [0.2, 0.25) is 0 Å². The van der Waals surface area contributed by atoms with Gasteiger partial charge in [-0.25, -0.2) is 0 Å². The number of para-hydroxylation sites is 1. The summed E-state index contributed by atoms with van der Waals surface area (Å²) in [5.41, 5.74) is 1.50. The van der Waals surface area contributed by atoms with E-state index in [1.165, 1.54) is 0 Å². The molecule has 0 radical (unpaired) electrons. The molecule has 1 aromatic carbocycles. The van der Waals surface area contributed by atoms with Gasteiger partial charge in [0, 0.05) is 24.6 Å². The van der Waals surface area contributed by atoms with E-state index in [2.05, 4.69) is 15.6 Å². The fraction of sp³-hybridized carbons (Fsp3) is 0.316. The van der Waals surface area contributed by atoms with Gasteiger partial charge in [0.1, 0.15) is 5.41 Å². The molecule has 2 rings (SSSR count). The first-order valence-corrected chi connectivity index (χ1v) is 8.01. The van der Waals surface area contributed by atoms with Crippen LogP contribution >= 0.6 is 0 Å². The summed E-state index contributed by atoms with van der Waals surface area (Å²) in [4.78, 5) is 29.0. The van der Waals surface area contributed by atoms with E-state index in [9.17, 15) is 9.59 Å². The molecule has 0 aliphatic rings. The van der Waals surface area contributed by atoms with Gasteiger partial charge >= 0.3 is 0 Å². The van der Waals surface area contributed by atoms with Crippen LogP contribution < -0.4 is 10.6 Å². The van der Waals surface area contributed by atoms with Crippen LogP contribution in [0.5, 0.6) is 0 Å². The van der Waals surface area contributed by atoms with Crippen LogP contribution in [0.1, 0.15) is 31.9 Å². The van der Waals surface area contributed by atoms with Gasteiger partial charge in [0.2, 0.25) is 11.8 Å². The Morgan fingerprint density at radius 1 is 1.08 bits per heavy atom. The van der Waals surface area contributed by atoms with Crippen LogP contribution in [-0.2, 0) is 22.6 Å². The number of aryl methyl sites for hydroxylation is 1. The van der Waals surface area contributed by atoms with Crippen LogP contribution in [0.15, 0.2) is 48.8 Å². The maximum atomic E-state index is 12.6. The molecule has 2 N–H and O–H groups in total. The number of amides is 2. The second-order valence-electron chi connectivity index (χ2n) is 6.13. The molecule has 0 saturated heterocycles. The maximum Gasteiger partial charge on any atom is 0.239 e. The Balaban J connectivity index is 2.02. The zero-order chi connectivity index (χ0) is 17.6. The summed E-state index contributed by atoms with van der Waals surface area (Å²) in [6.45, 7) is 5.61. The summed E-state index contributed by atoms with van der Waals surface area (Å²) in [7, 11) is 0. The van der Waals surface area contributed by atoms with Crippen molar-refractivity contribution < 1.29 is 9.59 Å². The monoisotopic (exact) mass is 325 g/mol. The average molecular weight is 325 g/mol. The Morgan fingerprint density at radius 3 is 2.50 bits per heavy atom. The Labute approximate surface area is 142 Å². The molecule has 0 unspecified atom stereocenters. The fourth-order valence-corrected chi connectivity index (χ4v) is 2.24. The number of rotatable bonds is 6. The number of benzene rings is 1. The molecular formula is C19H23N3O2. The van der Waals surface area contributed by atoms with Crippen LogP contribution in [0, 0.1) is 5.41 Å². The highest BCUT2D eigenvalue weighted by Crippen LogP contribution is 2.22. The largest absolute Gasteiger partial charge is 0.351 e. The van der Waals surface area contributed by atoms with E-state index in [0.717, 1.165) is 23.2 Å². The first-order valence-electron chi connectivity index (χ1n) is 8.01. The molecule has 2 amide bonds. The van der Waals surface area contributed by atoms with Crippen molar-refractivity contribution in [3.63, 3.8) is 0 Å². The zero-order valence-electron chi connectivity index (χ0n) is 14.3. The van der Waals surface area contributed by atoms with Crippen molar-refractivity contribution in [2.45, 2.75) is 33.7 Å². The zero-order valence-corrected chi connectivity index (χ0v) is 14.3. The minimum absolute atomic E-state index is 0.321. The van der Waals surface area contributed by atoms with Gasteiger partial charge in [-0.2, -0.15) is 0 Å². The Morgan fingerprint density at radius 2 is 1.83 bits per heavy atom. The van der Waals surface area contributed by atoms with E-state index in [4.69, 9.17) is 0 Å². The van der Waals surface area contributed by atoms with Gasteiger partial charge in [-0.05, 0) is 43.5 Å². The van der Waals surface area contributed by atoms with Crippen molar-refractivity contribution in [1.29, 1.82) is 0 Å². The van der Waals surface area contributed by atoms with E-state index in [0.29, 0.717) is 6.54 Å². The maximum absolute atomic E-state index is 12.6. The Bertz CT molecular complexity index is 712. The second-order valence-corrected chi connectivity index (χ2v) is 6.13. The first kappa shape index (κ1) is 17.7. The number of pyridine rings is 1. The third kappa shape index (κ3) is 4.19. The molecule has 0 aliphatic heterocycles. The van der Waals surface area contributed by atoms with Gasteiger partial charge in [0.05, 0.1) is 0 Å². The van der Waals surface area contributed by atoms with Crippen molar-refractivity contribution in [3.8, 4) is 0 Å². The second kappa shape index (κ2) is 7.73. The van der Waals surface area contributed by atoms with Crippen LogP contribution in [0.25, 0.3) is 0 Å². The standard InChI is InChI=1S/C19H23N3O2/c1-4-15-9-5-6-10-16(15)22-18(24)19(2,3)17(23)21-13-14-8-7-11-20-12-14/h5-12H,4,13H2,1-3H3,(H,21,23)(H,22,24). The molecule has 0 aliphatic carbocycles. The van der Waals surface area contributed by atoms with Gasteiger partial charge in [0.15, 0.2) is 0 Å². The van der Waals surface area contributed by atoms with Gasteiger partial charge in [-0.3, -0.25) is 14.6 Å². The molecule has 1 aromatic heterocycles. The molecule has 5 nitrogen and oxygen atoms in total. The van der Waals surface area contributed by atoms with Crippen LogP contribution in [0.4, 0.5) is 5.69 Å². The molecule has 126 valence electrons. The number of nitrogens with one attached hydrogen (secondary N) is 2. The Hall–Kier alpha value is -2.69. The highest BCUT2D eigenvalue weighted by atomic mass is 16.2. The van der Waals surface area contributed by atoms with Crippen molar-refractivity contribution in [2.24, 2.45) is 5.41 Å². The number of nitrogens with zero attached hydrogens (tertiary/aromatic N) is 1. The molecule has 0 saturated carbocycles. The molecule has 1 heterocycles. The summed E-state index contributed by atoms with van der Waals surface area (Å²) >= 11 is 0.